The van der Waals surface area contributed by atoms with E-state index in [0.717, 1.165) is 19.5 Å². The number of carbonyl (C=O) groups excluding carboxylic acids is 1. The number of hydrogen-bond donors (Lipinski definition) is 1. The van der Waals surface area contributed by atoms with Crippen LogP contribution in [0.2, 0.25) is 0 Å². The van der Waals surface area contributed by atoms with Gasteiger partial charge in [-0.05, 0) is 38.3 Å². The van der Waals surface area contributed by atoms with Gasteiger partial charge in [0.25, 0.3) is 0 Å². The number of carbonyl (C=O) groups is 1. The lowest BCUT2D eigenvalue weighted by Gasteiger charge is -2.27. The smallest absolute Gasteiger partial charge is 0.236 e. The predicted molar refractivity (Wildman–Crippen MR) is 93.1 cm³/mol. The summed E-state index contributed by atoms with van der Waals surface area (Å²) >= 11 is 0. The third kappa shape index (κ3) is 4.70. The van der Waals surface area contributed by atoms with Gasteiger partial charge in [-0.25, -0.2) is 0 Å². The van der Waals surface area contributed by atoms with Gasteiger partial charge in [0.1, 0.15) is 0 Å². The molecule has 0 saturated carbocycles. The van der Waals surface area contributed by atoms with Crippen LogP contribution in [0.5, 0.6) is 0 Å². The Morgan fingerprint density at radius 1 is 1.36 bits per heavy atom. The molecule has 1 saturated heterocycles. The van der Waals surface area contributed by atoms with E-state index in [-0.39, 0.29) is 30.4 Å². The van der Waals surface area contributed by atoms with Crippen LogP contribution in [0.4, 0.5) is 0 Å². The van der Waals surface area contributed by atoms with Gasteiger partial charge in [-0.1, -0.05) is 30.3 Å². The van der Waals surface area contributed by atoms with Crippen LogP contribution in [-0.4, -0.2) is 48.4 Å². The Labute approximate surface area is 140 Å². The topological polar surface area (TPSA) is 49.6 Å². The first-order chi connectivity index (χ1) is 9.99. The zero-order chi connectivity index (χ0) is 15.4. The molecule has 22 heavy (non-hydrogen) atoms. The van der Waals surface area contributed by atoms with Gasteiger partial charge in [0.05, 0.1) is 12.6 Å². The highest BCUT2D eigenvalue weighted by atomic mass is 35.5. The molecule has 5 heteroatoms. The van der Waals surface area contributed by atoms with Crippen molar-refractivity contribution in [3.63, 3.8) is 0 Å². The molecule has 4 nitrogen and oxygen atoms in total. The SMILES string of the molecule is CC(N)C1CCN(CC(=O)N(C)C(C)c2ccccc2)C1.Cl. The van der Waals surface area contributed by atoms with E-state index in [9.17, 15) is 4.79 Å². The van der Waals surface area contributed by atoms with Crippen LogP contribution < -0.4 is 5.73 Å². The van der Waals surface area contributed by atoms with Crippen molar-refractivity contribution in [2.24, 2.45) is 11.7 Å². The van der Waals surface area contributed by atoms with Crippen molar-refractivity contribution in [2.45, 2.75) is 32.4 Å². The van der Waals surface area contributed by atoms with E-state index in [1.807, 2.05) is 30.1 Å². The first-order valence-electron chi connectivity index (χ1n) is 7.77. The number of nitrogens with zero attached hydrogens (tertiary/aromatic N) is 2. The molecular formula is C17H28ClN3O. The number of likely N-dealkylation sites (tertiary alicyclic amines) is 1. The summed E-state index contributed by atoms with van der Waals surface area (Å²) in [5.74, 6) is 0.700. The summed E-state index contributed by atoms with van der Waals surface area (Å²) in [5.41, 5.74) is 7.12. The molecule has 1 amide bonds. The molecule has 0 bridgehead atoms. The van der Waals surface area contributed by atoms with Crippen LogP contribution in [0.3, 0.4) is 0 Å². The van der Waals surface area contributed by atoms with Gasteiger partial charge in [0.15, 0.2) is 0 Å². The van der Waals surface area contributed by atoms with Gasteiger partial charge in [-0.3, -0.25) is 9.69 Å². The Hall–Kier alpha value is -1.10. The van der Waals surface area contributed by atoms with E-state index >= 15 is 0 Å². The number of amides is 1. The van der Waals surface area contributed by atoms with Gasteiger partial charge in [-0.15, -0.1) is 12.4 Å². The number of nitrogens with two attached hydrogens (primary N) is 1. The van der Waals surface area contributed by atoms with Crippen LogP contribution >= 0.6 is 12.4 Å². The Bertz CT molecular complexity index is 466. The number of hydrogen-bond acceptors (Lipinski definition) is 3. The van der Waals surface area contributed by atoms with E-state index in [2.05, 4.69) is 30.9 Å². The number of benzene rings is 1. The quantitative estimate of drug-likeness (QED) is 0.903. The third-order valence-corrected chi connectivity index (χ3v) is 4.67. The van der Waals surface area contributed by atoms with Crippen molar-refractivity contribution in [1.29, 1.82) is 0 Å². The standard InChI is InChI=1S/C17H27N3O.ClH/c1-13(18)16-9-10-20(11-16)12-17(21)19(3)14(2)15-7-5-4-6-8-15;/h4-8,13-14,16H,9-12,18H2,1-3H3;1H. The Morgan fingerprint density at radius 3 is 2.55 bits per heavy atom. The summed E-state index contributed by atoms with van der Waals surface area (Å²) in [6, 6.07) is 10.5. The minimum atomic E-state index is 0. The second-order valence-corrected chi connectivity index (χ2v) is 6.23. The van der Waals surface area contributed by atoms with Gasteiger partial charge < -0.3 is 10.6 Å². The lowest BCUT2D eigenvalue weighted by Crippen LogP contribution is -2.39. The number of halogens is 1. The molecule has 0 radical (unpaired) electrons. The monoisotopic (exact) mass is 325 g/mol. The molecule has 0 spiro atoms. The largest absolute Gasteiger partial charge is 0.338 e. The maximum atomic E-state index is 12.4. The summed E-state index contributed by atoms with van der Waals surface area (Å²) < 4.78 is 0. The maximum absolute atomic E-state index is 12.4. The molecule has 1 heterocycles. The van der Waals surface area contributed by atoms with E-state index in [1.165, 1.54) is 5.56 Å². The second kappa shape index (κ2) is 8.51. The maximum Gasteiger partial charge on any atom is 0.236 e. The molecule has 124 valence electrons. The molecule has 0 aromatic heterocycles. The average molecular weight is 326 g/mol. The average Bonchev–Trinajstić information content (AvgIpc) is 2.95. The van der Waals surface area contributed by atoms with Gasteiger partial charge in [0, 0.05) is 19.6 Å². The normalized spacial score (nSPS) is 21.0. The molecule has 1 aromatic rings. The van der Waals surface area contributed by atoms with E-state index < -0.39 is 0 Å². The zero-order valence-corrected chi connectivity index (χ0v) is 14.6. The lowest BCUT2D eigenvalue weighted by molar-refractivity contribution is -0.132. The molecular weight excluding hydrogens is 298 g/mol. The first-order valence-corrected chi connectivity index (χ1v) is 7.77. The van der Waals surface area contributed by atoms with Gasteiger partial charge >= 0.3 is 0 Å². The fourth-order valence-electron chi connectivity index (χ4n) is 2.91. The van der Waals surface area contributed by atoms with Crippen LogP contribution in [0.1, 0.15) is 31.9 Å². The molecule has 1 fully saturated rings. The minimum Gasteiger partial charge on any atom is -0.338 e. The van der Waals surface area contributed by atoms with Crippen LogP contribution in [0.25, 0.3) is 0 Å². The van der Waals surface area contributed by atoms with Crippen molar-refractivity contribution in [1.82, 2.24) is 9.80 Å². The van der Waals surface area contributed by atoms with Gasteiger partial charge in [-0.2, -0.15) is 0 Å². The van der Waals surface area contributed by atoms with Crippen molar-refractivity contribution < 1.29 is 4.79 Å². The molecule has 1 aliphatic rings. The number of likely N-dealkylation sites (N-methyl/N-ethyl adjacent to an activating group) is 1. The lowest BCUT2D eigenvalue weighted by atomic mass is 10.0. The highest BCUT2D eigenvalue weighted by molar-refractivity contribution is 5.85. The van der Waals surface area contributed by atoms with Crippen LogP contribution in [-0.2, 0) is 4.79 Å². The summed E-state index contributed by atoms with van der Waals surface area (Å²) in [5, 5.41) is 0. The summed E-state index contributed by atoms with van der Waals surface area (Å²) in [6.07, 6.45) is 1.10. The van der Waals surface area contributed by atoms with Crippen molar-refractivity contribution in [3.05, 3.63) is 35.9 Å². The summed E-state index contributed by atoms with van der Waals surface area (Å²) in [6.45, 7) is 6.54. The van der Waals surface area contributed by atoms with E-state index in [4.69, 9.17) is 5.73 Å². The fourth-order valence-corrected chi connectivity index (χ4v) is 2.91. The second-order valence-electron chi connectivity index (χ2n) is 6.23. The highest BCUT2D eigenvalue weighted by Gasteiger charge is 2.28. The molecule has 2 rings (SSSR count). The van der Waals surface area contributed by atoms with Crippen LogP contribution in [0, 0.1) is 5.92 Å². The molecule has 3 atom stereocenters. The summed E-state index contributed by atoms with van der Waals surface area (Å²) in [7, 11) is 1.89. The predicted octanol–water partition coefficient (Wildman–Crippen LogP) is 2.30. The summed E-state index contributed by atoms with van der Waals surface area (Å²) in [4.78, 5) is 16.5. The highest BCUT2D eigenvalue weighted by Crippen LogP contribution is 2.21. The van der Waals surface area contributed by atoms with Crippen molar-refractivity contribution >= 4 is 18.3 Å². The third-order valence-electron chi connectivity index (χ3n) is 4.67. The van der Waals surface area contributed by atoms with E-state index in [0.29, 0.717) is 12.5 Å². The van der Waals surface area contributed by atoms with Crippen molar-refractivity contribution in [2.75, 3.05) is 26.7 Å². The Kier molecular flexibility index (Phi) is 7.33. The van der Waals surface area contributed by atoms with Crippen LogP contribution in [0.15, 0.2) is 30.3 Å². The minimum absolute atomic E-state index is 0. The molecule has 0 aliphatic carbocycles. The Morgan fingerprint density at radius 2 is 2.00 bits per heavy atom. The Balaban J connectivity index is 0.00000242. The number of rotatable bonds is 5. The zero-order valence-electron chi connectivity index (χ0n) is 13.7. The molecule has 2 N–H and O–H groups in total. The van der Waals surface area contributed by atoms with E-state index in [1.54, 1.807) is 0 Å². The molecule has 1 aromatic carbocycles. The molecule has 1 aliphatic heterocycles. The van der Waals surface area contributed by atoms with Crippen molar-refractivity contribution in [3.8, 4) is 0 Å². The molecule has 3 unspecified atom stereocenters. The first kappa shape index (κ1) is 18.9. The fraction of sp³-hybridized carbons (Fsp3) is 0.588. The van der Waals surface area contributed by atoms with Gasteiger partial charge in [0.2, 0.25) is 5.91 Å².